The minimum atomic E-state index is -0.922. The van der Waals surface area contributed by atoms with Gasteiger partial charge in [-0.05, 0) is 19.8 Å². The molecule has 2 heterocycles. The molecule has 1 aliphatic rings. The average Bonchev–Trinajstić information content (AvgIpc) is 3.22. The fraction of sp³-hybridized carbons (Fsp3) is 0.625. The highest BCUT2D eigenvalue weighted by atomic mass is 16.5. The summed E-state index contributed by atoms with van der Waals surface area (Å²) in [5, 5.41) is 17.9. The van der Waals surface area contributed by atoms with Gasteiger partial charge in [-0.3, -0.25) is 4.68 Å². The number of carbonyl (C=O) groups excluding carboxylic acids is 1. The Bertz CT molecular complexity index is 737. The van der Waals surface area contributed by atoms with Crippen molar-refractivity contribution >= 4 is 22.8 Å². The quantitative estimate of drug-likeness (QED) is 0.796. The number of nitrogens with one attached hydrogen (secondary N) is 1. The van der Waals surface area contributed by atoms with Crippen LogP contribution in [0.3, 0.4) is 0 Å². The molecule has 8 heteroatoms. The monoisotopic (exact) mass is 333 g/mol. The van der Waals surface area contributed by atoms with Crippen molar-refractivity contribution in [3.8, 4) is 0 Å². The highest BCUT2D eigenvalue weighted by molar-refractivity contribution is 5.89. The van der Waals surface area contributed by atoms with Crippen LogP contribution in [0.2, 0.25) is 0 Å². The van der Waals surface area contributed by atoms with Gasteiger partial charge in [0.1, 0.15) is 11.6 Å². The number of aliphatic hydroxyl groups excluding tert-OH is 1. The molecule has 2 atom stereocenters. The number of aromatic nitrogens is 4. The van der Waals surface area contributed by atoms with E-state index in [0.717, 1.165) is 18.7 Å². The van der Waals surface area contributed by atoms with E-state index < -0.39 is 18.1 Å². The molecule has 0 spiro atoms. The Labute approximate surface area is 140 Å². The Balaban J connectivity index is 2.03. The standard InChI is InChI=1S/C16H23N5O3/c1-9(22)12(16(23)24-3)18-14-11-8-17-21(2)15(11)20-13(19-14)10-6-4-5-7-10/h8-10,12,22H,4-7H2,1-3H3,(H,18,19,20)/t9-,12+/m1/s1. The van der Waals surface area contributed by atoms with Crippen LogP contribution in [0, 0.1) is 0 Å². The Morgan fingerprint density at radius 1 is 1.42 bits per heavy atom. The zero-order valence-electron chi connectivity index (χ0n) is 14.2. The van der Waals surface area contributed by atoms with Gasteiger partial charge >= 0.3 is 5.97 Å². The maximum Gasteiger partial charge on any atom is 0.331 e. The number of carbonyl (C=O) groups is 1. The zero-order valence-corrected chi connectivity index (χ0v) is 14.2. The van der Waals surface area contributed by atoms with Gasteiger partial charge in [-0.15, -0.1) is 0 Å². The van der Waals surface area contributed by atoms with Gasteiger partial charge in [0, 0.05) is 13.0 Å². The predicted molar refractivity (Wildman–Crippen MR) is 88.6 cm³/mol. The molecule has 8 nitrogen and oxygen atoms in total. The normalized spacial score (nSPS) is 17.8. The number of hydrogen-bond acceptors (Lipinski definition) is 7. The maximum atomic E-state index is 11.9. The van der Waals surface area contributed by atoms with Gasteiger partial charge in [0.25, 0.3) is 0 Å². The van der Waals surface area contributed by atoms with Crippen LogP contribution in [0.4, 0.5) is 5.82 Å². The van der Waals surface area contributed by atoms with Crippen molar-refractivity contribution in [2.75, 3.05) is 12.4 Å². The molecule has 2 aromatic rings. The number of anilines is 1. The SMILES string of the molecule is COC(=O)[C@@H](Nc1nc(C2CCCC2)nc2c1cnn2C)[C@@H](C)O. The number of rotatable bonds is 5. The molecule has 0 saturated heterocycles. The molecule has 0 bridgehead atoms. The average molecular weight is 333 g/mol. The number of nitrogens with zero attached hydrogens (tertiary/aromatic N) is 4. The molecule has 24 heavy (non-hydrogen) atoms. The first kappa shape index (κ1) is 16.6. The number of fused-ring (bicyclic) bond motifs is 1. The van der Waals surface area contributed by atoms with Crippen LogP contribution in [0.1, 0.15) is 44.3 Å². The summed E-state index contributed by atoms with van der Waals surface area (Å²) >= 11 is 0. The molecule has 1 aliphatic carbocycles. The second kappa shape index (κ2) is 6.72. The first-order chi connectivity index (χ1) is 11.5. The third-order valence-electron chi connectivity index (χ3n) is 4.56. The van der Waals surface area contributed by atoms with E-state index in [-0.39, 0.29) is 0 Å². The van der Waals surface area contributed by atoms with Gasteiger partial charge in [0.15, 0.2) is 11.7 Å². The van der Waals surface area contributed by atoms with E-state index in [1.165, 1.54) is 26.9 Å². The van der Waals surface area contributed by atoms with E-state index in [1.807, 2.05) is 7.05 Å². The van der Waals surface area contributed by atoms with Crippen molar-refractivity contribution in [1.29, 1.82) is 0 Å². The van der Waals surface area contributed by atoms with Crippen molar-refractivity contribution in [2.24, 2.45) is 7.05 Å². The molecular weight excluding hydrogens is 310 g/mol. The van der Waals surface area contributed by atoms with Crippen LogP contribution in [-0.4, -0.2) is 50.1 Å². The van der Waals surface area contributed by atoms with E-state index in [9.17, 15) is 9.90 Å². The summed E-state index contributed by atoms with van der Waals surface area (Å²) in [5.41, 5.74) is 0.712. The van der Waals surface area contributed by atoms with Crippen LogP contribution in [-0.2, 0) is 16.6 Å². The lowest BCUT2D eigenvalue weighted by molar-refractivity contribution is -0.143. The number of methoxy groups -OCH3 is 1. The van der Waals surface area contributed by atoms with Crippen molar-refractivity contribution in [1.82, 2.24) is 19.7 Å². The topological polar surface area (TPSA) is 102 Å². The molecule has 1 saturated carbocycles. The lowest BCUT2D eigenvalue weighted by Gasteiger charge is -2.20. The van der Waals surface area contributed by atoms with E-state index in [2.05, 4.69) is 20.4 Å². The van der Waals surface area contributed by atoms with Crippen LogP contribution >= 0.6 is 0 Å². The van der Waals surface area contributed by atoms with E-state index >= 15 is 0 Å². The molecular formula is C16H23N5O3. The van der Waals surface area contributed by atoms with E-state index in [1.54, 1.807) is 10.9 Å². The van der Waals surface area contributed by atoms with Crippen molar-refractivity contribution in [3.63, 3.8) is 0 Å². The molecule has 0 aliphatic heterocycles. The fourth-order valence-electron chi connectivity index (χ4n) is 3.17. The molecule has 130 valence electrons. The summed E-state index contributed by atoms with van der Waals surface area (Å²) < 4.78 is 6.46. The van der Waals surface area contributed by atoms with E-state index in [4.69, 9.17) is 4.74 Å². The Hall–Kier alpha value is -2.22. The highest BCUT2D eigenvalue weighted by Crippen LogP contribution is 2.34. The number of esters is 1. The van der Waals surface area contributed by atoms with Crippen molar-refractivity contribution in [3.05, 3.63) is 12.0 Å². The fourth-order valence-corrected chi connectivity index (χ4v) is 3.17. The summed E-state index contributed by atoms with van der Waals surface area (Å²) in [5.74, 6) is 1.06. The Kier molecular flexibility index (Phi) is 4.66. The largest absolute Gasteiger partial charge is 0.467 e. The lowest BCUT2D eigenvalue weighted by Crippen LogP contribution is -2.40. The molecule has 3 rings (SSSR count). The van der Waals surface area contributed by atoms with Crippen LogP contribution < -0.4 is 5.32 Å². The first-order valence-electron chi connectivity index (χ1n) is 8.23. The Morgan fingerprint density at radius 3 is 2.75 bits per heavy atom. The number of hydrogen-bond donors (Lipinski definition) is 2. The lowest BCUT2D eigenvalue weighted by atomic mass is 10.1. The van der Waals surface area contributed by atoms with Crippen LogP contribution in [0.25, 0.3) is 11.0 Å². The van der Waals surface area contributed by atoms with Crippen LogP contribution in [0.5, 0.6) is 0 Å². The minimum Gasteiger partial charge on any atom is -0.467 e. The van der Waals surface area contributed by atoms with Gasteiger partial charge in [-0.1, -0.05) is 12.8 Å². The molecule has 0 amide bonds. The van der Waals surface area contributed by atoms with Gasteiger partial charge in [-0.2, -0.15) is 5.10 Å². The number of ether oxygens (including phenoxy) is 1. The number of aliphatic hydroxyl groups is 1. The molecule has 0 unspecified atom stereocenters. The first-order valence-corrected chi connectivity index (χ1v) is 8.23. The van der Waals surface area contributed by atoms with E-state index in [0.29, 0.717) is 22.8 Å². The van der Waals surface area contributed by atoms with Crippen molar-refractivity contribution in [2.45, 2.75) is 50.7 Å². The van der Waals surface area contributed by atoms with Gasteiger partial charge in [0.05, 0.1) is 24.8 Å². The van der Waals surface area contributed by atoms with Gasteiger partial charge in [0.2, 0.25) is 0 Å². The molecule has 2 aromatic heterocycles. The third kappa shape index (κ3) is 3.06. The predicted octanol–water partition coefficient (Wildman–Crippen LogP) is 1.36. The molecule has 0 radical (unpaired) electrons. The Morgan fingerprint density at radius 2 is 2.12 bits per heavy atom. The summed E-state index contributed by atoms with van der Waals surface area (Å²) in [6, 6.07) is -0.898. The molecule has 1 fully saturated rings. The second-order valence-corrected chi connectivity index (χ2v) is 6.30. The van der Waals surface area contributed by atoms with Gasteiger partial charge in [-0.25, -0.2) is 14.8 Å². The highest BCUT2D eigenvalue weighted by Gasteiger charge is 2.28. The smallest absolute Gasteiger partial charge is 0.331 e. The number of aryl methyl sites for hydroxylation is 1. The summed E-state index contributed by atoms with van der Waals surface area (Å²) in [4.78, 5) is 21.2. The summed E-state index contributed by atoms with van der Waals surface area (Å²) in [7, 11) is 3.12. The maximum absolute atomic E-state index is 11.9. The minimum absolute atomic E-state index is 0.327. The molecule has 0 aromatic carbocycles. The van der Waals surface area contributed by atoms with Crippen molar-refractivity contribution < 1.29 is 14.6 Å². The zero-order chi connectivity index (χ0) is 17.3. The third-order valence-corrected chi connectivity index (χ3v) is 4.56. The second-order valence-electron chi connectivity index (χ2n) is 6.30. The van der Waals surface area contributed by atoms with Gasteiger partial charge < -0.3 is 15.2 Å². The summed E-state index contributed by atoms with van der Waals surface area (Å²) in [6.07, 6.45) is 5.23. The molecule has 2 N–H and O–H groups in total. The summed E-state index contributed by atoms with van der Waals surface area (Å²) in [6.45, 7) is 1.54. The van der Waals surface area contributed by atoms with Crippen LogP contribution in [0.15, 0.2) is 6.20 Å².